The molecule has 14 heteroatoms. The van der Waals surface area contributed by atoms with Crippen molar-refractivity contribution in [3.8, 4) is 17.3 Å². The van der Waals surface area contributed by atoms with E-state index in [2.05, 4.69) is 20.2 Å². The van der Waals surface area contributed by atoms with Crippen LogP contribution in [-0.2, 0) is 9.53 Å². The van der Waals surface area contributed by atoms with Crippen LogP contribution in [0.1, 0.15) is 25.7 Å². The maximum atomic E-state index is 16.8. The van der Waals surface area contributed by atoms with Crippen molar-refractivity contribution in [2.75, 3.05) is 59.6 Å². The molecule has 2 aromatic carbocycles. The van der Waals surface area contributed by atoms with Crippen LogP contribution < -0.4 is 10.1 Å². The molecule has 2 aromatic heterocycles. The third-order valence-corrected chi connectivity index (χ3v) is 11.2. The van der Waals surface area contributed by atoms with E-state index in [1.54, 1.807) is 39.8 Å². The van der Waals surface area contributed by atoms with E-state index in [0.717, 1.165) is 32.4 Å². The average molecular weight is 735 g/mol. The van der Waals surface area contributed by atoms with Gasteiger partial charge in [0.25, 0.3) is 0 Å². The number of amides is 1. The van der Waals surface area contributed by atoms with Crippen LogP contribution in [0.3, 0.4) is 0 Å². The van der Waals surface area contributed by atoms with Gasteiger partial charge < -0.3 is 19.7 Å². The highest BCUT2D eigenvalue weighted by atomic mass is 35.5. The third-order valence-electron chi connectivity index (χ3n) is 10.8. The molecule has 4 fully saturated rings. The van der Waals surface area contributed by atoms with Gasteiger partial charge in [-0.15, -0.1) is 0 Å². The number of hydrogen-bond acceptors (Lipinski definition) is 8. The van der Waals surface area contributed by atoms with Gasteiger partial charge in [0.15, 0.2) is 5.82 Å². The van der Waals surface area contributed by atoms with E-state index in [1.807, 2.05) is 19.3 Å². The Kier molecular flexibility index (Phi) is 9.62. The lowest BCUT2D eigenvalue weighted by molar-refractivity contribution is -0.405. The van der Waals surface area contributed by atoms with Gasteiger partial charge in [0.05, 0.1) is 37.0 Å². The lowest BCUT2D eigenvalue weighted by Gasteiger charge is -2.30. The Hall–Kier alpha value is -4.17. The van der Waals surface area contributed by atoms with Gasteiger partial charge in [-0.3, -0.25) is 14.7 Å². The molecule has 4 aliphatic heterocycles. The van der Waals surface area contributed by atoms with Gasteiger partial charge >= 0.3 is 11.8 Å². The predicted molar refractivity (Wildman–Crippen MR) is 192 cm³/mol. The predicted octanol–water partition coefficient (Wildman–Crippen LogP) is 5.47. The first-order valence-corrected chi connectivity index (χ1v) is 18.2. The first kappa shape index (κ1) is 34.9. The zero-order valence-electron chi connectivity index (χ0n) is 28.8. The summed E-state index contributed by atoms with van der Waals surface area (Å²) in [5.74, 6) is -1.06. The number of carbonyl (C=O) groups is 1. The Labute approximate surface area is 304 Å². The summed E-state index contributed by atoms with van der Waals surface area (Å²) in [5, 5.41) is 4.50. The molecule has 8 rings (SSSR count). The first-order chi connectivity index (χ1) is 25.2. The lowest BCUT2D eigenvalue weighted by Crippen LogP contribution is -2.43. The average Bonchev–Trinajstić information content (AvgIpc) is 3.86. The molecular formula is C38H40ClF3N7O3+. The normalized spacial score (nSPS) is 25.5. The quantitative estimate of drug-likeness (QED) is 0.145. The van der Waals surface area contributed by atoms with Crippen LogP contribution in [-0.4, -0.2) is 119 Å². The van der Waals surface area contributed by atoms with Gasteiger partial charge in [-0.05, 0) is 37.3 Å². The zero-order valence-corrected chi connectivity index (χ0v) is 29.6. The molecule has 2 unspecified atom stereocenters. The van der Waals surface area contributed by atoms with E-state index in [0.29, 0.717) is 66.8 Å². The number of morpholine rings is 1. The molecule has 1 amide bonds. The van der Waals surface area contributed by atoms with Gasteiger partial charge in [-0.25, -0.2) is 17.7 Å². The van der Waals surface area contributed by atoms with Crippen molar-refractivity contribution in [3.63, 3.8) is 0 Å². The molecule has 4 aromatic rings. The fraction of sp³-hybridized carbons (Fsp3) is 0.447. The second kappa shape index (κ2) is 14.3. The number of fused-ring (bicyclic) bond motifs is 3. The standard InChI is InChI=1S/C38H40ClF3N7O3/c1-47(18-23-10-14-48(19-23)30(50)9-7-26-21-51-15-12-43-26)36-28-17-44-34(27-5-2-4-24-6-8-29(41)32(39)31(24)27)33(42)35(28)45-37(46-36)52-22-38-11-3-13-49(38)20-25(40)16-38/h2,4-9,17-18,23,25-26,43H,3,10-16,19-22H2,1H3/q+1/b9-7+,47-18-/t23?,25-,26?,38+/m1/s1. The minimum absolute atomic E-state index is 0.00332. The number of halogens is 4. The second-order valence-corrected chi connectivity index (χ2v) is 14.6. The van der Waals surface area contributed by atoms with Crippen LogP contribution in [0.5, 0.6) is 6.01 Å². The number of likely N-dealkylation sites (tertiary alicyclic amines) is 1. The van der Waals surface area contributed by atoms with E-state index in [9.17, 15) is 13.6 Å². The molecule has 1 N–H and O–H groups in total. The van der Waals surface area contributed by atoms with Crippen molar-refractivity contribution < 1.29 is 32.0 Å². The first-order valence-electron chi connectivity index (χ1n) is 17.8. The van der Waals surface area contributed by atoms with Crippen LogP contribution in [0.4, 0.5) is 19.0 Å². The molecule has 0 bridgehead atoms. The van der Waals surface area contributed by atoms with Crippen molar-refractivity contribution in [2.24, 2.45) is 5.92 Å². The molecule has 0 aliphatic carbocycles. The van der Waals surface area contributed by atoms with Gasteiger partial charge in [-0.2, -0.15) is 4.98 Å². The summed E-state index contributed by atoms with van der Waals surface area (Å²) < 4.78 is 59.5. The Bertz CT molecular complexity index is 2090. The Morgan fingerprint density at radius 1 is 1.21 bits per heavy atom. The number of alkyl halides is 1. The number of aromatic nitrogens is 3. The van der Waals surface area contributed by atoms with Crippen molar-refractivity contribution in [2.45, 2.75) is 43.4 Å². The topological polar surface area (TPSA) is 95.7 Å². The maximum Gasteiger partial charge on any atom is 0.434 e. The number of nitrogens with one attached hydrogen (secondary N) is 1. The minimum Gasteiger partial charge on any atom is -0.443 e. The van der Waals surface area contributed by atoms with E-state index < -0.39 is 23.3 Å². The number of ether oxygens (including phenoxy) is 2. The van der Waals surface area contributed by atoms with E-state index in [1.165, 1.54) is 12.3 Å². The lowest BCUT2D eigenvalue weighted by atomic mass is 9.95. The van der Waals surface area contributed by atoms with Gasteiger partial charge in [0, 0.05) is 72.8 Å². The smallest absolute Gasteiger partial charge is 0.434 e. The SMILES string of the molecule is C/[N+](=C/C1CCN(C(=O)/C=C/C2COCCN2)C1)c1nc(OC[C@@]23CCCN2C[C@H](F)C3)nc2c(F)c(-c3cccc4ccc(F)c(Cl)c34)ncc12. The number of carbonyl (C=O) groups excluding carboxylic acids is 1. The number of nitrogens with zero attached hydrogens (tertiary/aromatic N) is 6. The molecule has 10 nitrogen and oxygen atoms in total. The van der Waals surface area contributed by atoms with E-state index in [-0.39, 0.29) is 46.7 Å². The molecular weight excluding hydrogens is 695 g/mol. The van der Waals surface area contributed by atoms with Crippen molar-refractivity contribution in [3.05, 3.63) is 65.3 Å². The fourth-order valence-electron chi connectivity index (χ4n) is 8.21. The molecule has 0 radical (unpaired) electrons. The molecule has 0 spiro atoms. The summed E-state index contributed by atoms with van der Waals surface area (Å²) in [6, 6.07) is 7.98. The number of benzene rings is 2. The molecule has 0 saturated carbocycles. The summed E-state index contributed by atoms with van der Waals surface area (Å²) in [7, 11) is 1.81. The highest BCUT2D eigenvalue weighted by Gasteiger charge is 2.49. The Morgan fingerprint density at radius 3 is 2.94 bits per heavy atom. The molecule has 272 valence electrons. The monoisotopic (exact) mass is 734 g/mol. The number of hydrogen-bond donors (Lipinski definition) is 1. The Morgan fingerprint density at radius 2 is 2.10 bits per heavy atom. The van der Waals surface area contributed by atoms with E-state index >= 15 is 4.39 Å². The van der Waals surface area contributed by atoms with Crippen molar-refractivity contribution in [1.82, 2.24) is 30.1 Å². The van der Waals surface area contributed by atoms with Crippen LogP contribution in [0, 0.1) is 17.6 Å². The van der Waals surface area contributed by atoms with Crippen LogP contribution >= 0.6 is 11.6 Å². The van der Waals surface area contributed by atoms with Crippen molar-refractivity contribution >= 4 is 51.2 Å². The highest BCUT2D eigenvalue weighted by molar-refractivity contribution is 6.36. The molecule has 6 heterocycles. The summed E-state index contributed by atoms with van der Waals surface area (Å²) in [4.78, 5) is 30.8. The number of pyridine rings is 1. The van der Waals surface area contributed by atoms with Crippen molar-refractivity contribution in [1.29, 1.82) is 0 Å². The third kappa shape index (κ3) is 6.63. The van der Waals surface area contributed by atoms with Gasteiger partial charge in [-0.1, -0.05) is 41.9 Å². The Balaban J connectivity index is 1.14. The maximum absolute atomic E-state index is 16.8. The summed E-state index contributed by atoms with van der Waals surface area (Å²) in [5.41, 5.74) is -0.215. The molecule has 4 atom stereocenters. The van der Waals surface area contributed by atoms with E-state index in [4.69, 9.17) is 26.1 Å². The summed E-state index contributed by atoms with van der Waals surface area (Å²) in [6.07, 6.45) is 8.82. The summed E-state index contributed by atoms with van der Waals surface area (Å²) >= 11 is 6.42. The summed E-state index contributed by atoms with van der Waals surface area (Å²) in [6.45, 7) is 4.37. The second-order valence-electron chi connectivity index (χ2n) is 14.2. The number of rotatable bonds is 8. The highest BCUT2D eigenvalue weighted by Crippen LogP contribution is 2.41. The van der Waals surface area contributed by atoms with Gasteiger partial charge in [0.2, 0.25) is 5.91 Å². The zero-order chi connectivity index (χ0) is 36.0. The fourth-order valence-corrected chi connectivity index (χ4v) is 8.48. The largest absolute Gasteiger partial charge is 0.443 e. The van der Waals surface area contributed by atoms with Gasteiger partial charge in [0.1, 0.15) is 35.2 Å². The van der Waals surface area contributed by atoms with Crippen LogP contribution in [0.15, 0.2) is 48.7 Å². The molecule has 4 aliphatic rings. The minimum atomic E-state index is -0.938. The molecule has 4 saturated heterocycles. The van der Waals surface area contributed by atoms with Crippen LogP contribution in [0.2, 0.25) is 5.02 Å². The molecule has 52 heavy (non-hydrogen) atoms. The van der Waals surface area contributed by atoms with Crippen LogP contribution in [0.25, 0.3) is 32.9 Å².